The Morgan fingerprint density at radius 3 is 2.41 bits per heavy atom. The average Bonchev–Trinajstić information content (AvgIpc) is 3.28. The summed E-state index contributed by atoms with van der Waals surface area (Å²) in [6.07, 6.45) is 0. The fraction of sp³-hybridized carbons (Fsp3) is 0.136. The number of rotatable bonds is 7. The smallest absolute Gasteiger partial charge is 0.348 e. The number of anilines is 1. The molecule has 2 amide bonds. The molecule has 1 aromatic heterocycles. The molecule has 0 spiro atoms. The van der Waals surface area contributed by atoms with Crippen LogP contribution in [0.25, 0.3) is 0 Å². The van der Waals surface area contributed by atoms with E-state index < -0.39 is 18.5 Å². The highest BCUT2D eigenvalue weighted by Gasteiger charge is 2.17. The Labute approximate surface area is 172 Å². The van der Waals surface area contributed by atoms with Crippen molar-refractivity contribution in [1.82, 2.24) is 5.32 Å². The molecule has 0 bridgehead atoms. The van der Waals surface area contributed by atoms with Crippen molar-refractivity contribution < 1.29 is 19.1 Å². The van der Waals surface area contributed by atoms with E-state index in [-0.39, 0.29) is 11.9 Å². The SMILES string of the molecule is C[C@@H](NC(=O)c1ccccc1NC(=O)COC(=O)c1cccs1)c1ccccc1. The van der Waals surface area contributed by atoms with Gasteiger partial charge in [0, 0.05) is 0 Å². The summed E-state index contributed by atoms with van der Waals surface area (Å²) in [7, 11) is 0. The summed E-state index contributed by atoms with van der Waals surface area (Å²) in [5.74, 6) is -1.39. The third kappa shape index (κ3) is 5.52. The van der Waals surface area contributed by atoms with Gasteiger partial charge in [-0.05, 0) is 36.1 Å². The number of carbonyl (C=O) groups excluding carboxylic acids is 3. The first-order valence-electron chi connectivity index (χ1n) is 9.00. The lowest BCUT2D eigenvalue weighted by molar-refractivity contribution is -0.119. The maximum Gasteiger partial charge on any atom is 0.348 e. The Kier molecular flexibility index (Phi) is 6.76. The van der Waals surface area contributed by atoms with E-state index in [2.05, 4.69) is 10.6 Å². The quantitative estimate of drug-likeness (QED) is 0.578. The second-order valence-corrected chi connectivity index (χ2v) is 7.20. The summed E-state index contributed by atoms with van der Waals surface area (Å²) >= 11 is 1.24. The van der Waals surface area contributed by atoms with Gasteiger partial charge in [-0.1, -0.05) is 48.5 Å². The van der Waals surface area contributed by atoms with Crippen LogP contribution in [0.5, 0.6) is 0 Å². The van der Waals surface area contributed by atoms with Crippen LogP contribution in [0.15, 0.2) is 72.1 Å². The van der Waals surface area contributed by atoms with Crippen molar-refractivity contribution in [1.29, 1.82) is 0 Å². The number of nitrogens with one attached hydrogen (secondary N) is 2. The highest BCUT2D eigenvalue weighted by molar-refractivity contribution is 7.11. The lowest BCUT2D eigenvalue weighted by Gasteiger charge is -2.16. The van der Waals surface area contributed by atoms with Gasteiger partial charge in [-0.25, -0.2) is 4.79 Å². The predicted octanol–water partition coefficient (Wildman–Crippen LogP) is 4.03. The van der Waals surface area contributed by atoms with Crippen LogP contribution in [0.3, 0.4) is 0 Å². The minimum atomic E-state index is -0.558. The van der Waals surface area contributed by atoms with E-state index in [1.807, 2.05) is 37.3 Å². The molecule has 7 heteroatoms. The molecule has 2 aromatic carbocycles. The van der Waals surface area contributed by atoms with Gasteiger partial charge in [0.15, 0.2) is 6.61 Å². The molecule has 0 saturated heterocycles. The molecule has 1 atom stereocenters. The van der Waals surface area contributed by atoms with Crippen LogP contribution in [0.2, 0.25) is 0 Å². The van der Waals surface area contributed by atoms with Gasteiger partial charge in [-0.2, -0.15) is 0 Å². The molecule has 1 heterocycles. The molecular weight excluding hydrogens is 388 g/mol. The molecule has 0 radical (unpaired) electrons. The van der Waals surface area contributed by atoms with Crippen LogP contribution in [-0.2, 0) is 9.53 Å². The van der Waals surface area contributed by atoms with Gasteiger partial charge in [0.25, 0.3) is 11.8 Å². The number of carbonyl (C=O) groups is 3. The summed E-state index contributed by atoms with van der Waals surface area (Å²) < 4.78 is 5.00. The lowest BCUT2D eigenvalue weighted by atomic mass is 10.1. The molecule has 0 aliphatic carbocycles. The third-order valence-corrected chi connectivity index (χ3v) is 5.00. The van der Waals surface area contributed by atoms with Gasteiger partial charge < -0.3 is 15.4 Å². The van der Waals surface area contributed by atoms with Crippen LogP contribution < -0.4 is 10.6 Å². The number of esters is 1. The van der Waals surface area contributed by atoms with E-state index in [4.69, 9.17) is 4.74 Å². The van der Waals surface area contributed by atoms with Crippen molar-refractivity contribution in [3.05, 3.63) is 88.1 Å². The monoisotopic (exact) mass is 408 g/mol. The summed E-state index contributed by atoms with van der Waals surface area (Å²) in [5.41, 5.74) is 1.65. The number of benzene rings is 2. The first-order chi connectivity index (χ1) is 14.0. The largest absolute Gasteiger partial charge is 0.451 e. The molecule has 3 rings (SSSR count). The van der Waals surface area contributed by atoms with E-state index >= 15 is 0 Å². The zero-order chi connectivity index (χ0) is 20.6. The number of thiophene rings is 1. The first-order valence-corrected chi connectivity index (χ1v) is 9.88. The minimum Gasteiger partial charge on any atom is -0.451 e. The van der Waals surface area contributed by atoms with E-state index in [0.29, 0.717) is 16.1 Å². The second-order valence-electron chi connectivity index (χ2n) is 6.25. The zero-order valence-corrected chi connectivity index (χ0v) is 16.6. The Balaban J connectivity index is 1.61. The summed E-state index contributed by atoms with van der Waals surface area (Å²) in [6.45, 7) is 1.45. The molecule has 148 valence electrons. The van der Waals surface area contributed by atoms with Gasteiger partial charge >= 0.3 is 5.97 Å². The van der Waals surface area contributed by atoms with Crippen molar-refractivity contribution >= 4 is 34.8 Å². The topological polar surface area (TPSA) is 84.5 Å². The second kappa shape index (κ2) is 9.66. The summed E-state index contributed by atoms with van der Waals surface area (Å²) in [6, 6.07) is 19.4. The van der Waals surface area contributed by atoms with E-state index in [1.165, 1.54) is 11.3 Å². The zero-order valence-electron chi connectivity index (χ0n) is 15.8. The standard InChI is InChI=1S/C22H20N2O4S/c1-15(16-8-3-2-4-9-16)23-21(26)17-10-5-6-11-18(17)24-20(25)14-28-22(27)19-12-7-13-29-19/h2-13,15H,14H2,1H3,(H,23,26)(H,24,25)/t15-/m1/s1. The van der Waals surface area contributed by atoms with Crippen LogP contribution in [0.4, 0.5) is 5.69 Å². The van der Waals surface area contributed by atoms with Crippen LogP contribution >= 0.6 is 11.3 Å². The molecule has 29 heavy (non-hydrogen) atoms. The van der Waals surface area contributed by atoms with Crippen molar-refractivity contribution in [2.45, 2.75) is 13.0 Å². The molecule has 0 aliphatic rings. The van der Waals surface area contributed by atoms with E-state index in [1.54, 1.807) is 41.8 Å². The summed E-state index contributed by atoms with van der Waals surface area (Å²) in [4.78, 5) is 37.2. The van der Waals surface area contributed by atoms with Crippen LogP contribution in [0, 0.1) is 0 Å². The Bertz CT molecular complexity index is 987. The number of hydrogen-bond donors (Lipinski definition) is 2. The number of amides is 2. The maximum atomic E-state index is 12.7. The molecule has 2 N–H and O–H groups in total. The van der Waals surface area contributed by atoms with Gasteiger partial charge in [0.1, 0.15) is 4.88 Å². The molecule has 0 aliphatic heterocycles. The van der Waals surface area contributed by atoms with Gasteiger partial charge in [0.2, 0.25) is 0 Å². The van der Waals surface area contributed by atoms with E-state index in [9.17, 15) is 14.4 Å². The maximum absolute atomic E-state index is 12.7. The first kappa shape index (κ1) is 20.3. The average molecular weight is 408 g/mol. The Morgan fingerprint density at radius 1 is 0.966 bits per heavy atom. The molecule has 0 saturated carbocycles. The Hall–Kier alpha value is -3.45. The minimum absolute atomic E-state index is 0.195. The van der Waals surface area contributed by atoms with Crippen molar-refractivity contribution in [2.24, 2.45) is 0 Å². The van der Waals surface area contributed by atoms with Gasteiger partial charge in [-0.15, -0.1) is 11.3 Å². The molecule has 6 nitrogen and oxygen atoms in total. The van der Waals surface area contributed by atoms with Crippen molar-refractivity contribution in [3.8, 4) is 0 Å². The lowest BCUT2D eigenvalue weighted by Crippen LogP contribution is -2.28. The summed E-state index contributed by atoms with van der Waals surface area (Å²) in [5, 5.41) is 7.30. The highest BCUT2D eigenvalue weighted by Crippen LogP contribution is 2.18. The normalized spacial score (nSPS) is 11.3. The number of hydrogen-bond acceptors (Lipinski definition) is 5. The van der Waals surface area contributed by atoms with Crippen LogP contribution in [-0.4, -0.2) is 24.4 Å². The predicted molar refractivity (Wildman–Crippen MR) is 112 cm³/mol. The van der Waals surface area contributed by atoms with Crippen LogP contribution in [0.1, 0.15) is 38.6 Å². The van der Waals surface area contributed by atoms with Crippen molar-refractivity contribution in [3.63, 3.8) is 0 Å². The van der Waals surface area contributed by atoms with Gasteiger partial charge in [-0.3, -0.25) is 9.59 Å². The number of para-hydroxylation sites is 1. The fourth-order valence-corrected chi connectivity index (χ4v) is 3.29. The number of ether oxygens (including phenoxy) is 1. The molecule has 0 fully saturated rings. The molecule has 0 unspecified atom stereocenters. The molecular formula is C22H20N2O4S. The van der Waals surface area contributed by atoms with E-state index in [0.717, 1.165) is 5.56 Å². The molecule has 3 aromatic rings. The third-order valence-electron chi connectivity index (χ3n) is 4.15. The highest BCUT2D eigenvalue weighted by atomic mass is 32.1. The van der Waals surface area contributed by atoms with Gasteiger partial charge in [0.05, 0.1) is 17.3 Å². The Morgan fingerprint density at radius 2 is 1.69 bits per heavy atom. The fourth-order valence-electron chi connectivity index (χ4n) is 2.67. The van der Waals surface area contributed by atoms with Crippen molar-refractivity contribution in [2.75, 3.05) is 11.9 Å².